The summed E-state index contributed by atoms with van der Waals surface area (Å²) >= 11 is 5.82. The Balaban J connectivity index is 3.42. The molecule has 0 aliphatic carbocycles. The molecule has 0 heterocycles. The number of ether oxygens (including phenoxy) is 1. The molecule has 0 aliphatic rings. The second-order valence-electron chi connectivity index (χ2n) is 2.76. The molecule has 1 aromatic carbocycles. The molecule has 0 atom stereocenters. The maximum absolute atomic E-state index is 11.2. The molecule has 4 heteroatoms. The molecule has 0 radical (unpaired) electrons. The van der Waals surface area contributed by atoms with Crippen LogP contribution in [0.4, 0.5) is 0 Å². The zero-order chi connectivity index (χ0) is 10.7. The minimum Gasteiger partial charge on any atom is -0.494 e. The normalized spacial score (nSPS) is 9.64. The van der Waals surface area contributed by atoms with Crippen molar-refractivity contribution in [2.75, 3.05) is 7.11 Å². The van der Waals surface area contributed by atoms with Crippen LogP contribution >= 0.6 is 11.6 Å². The summed E-state index contributed by atoms with van der Waals surface area (Å²) in [5, 5.41) is 0.266. The molecule has 3 nitrogen and oxygen atoms in total. The van der Waals surface area contributed by atoms with Gasteiger partial charge in [0.25, 0.3) is 0 Å². The molecule has 0 aliphatic heterocycles. The summed E-state index contributed by atoms with van der Waals surface area (Å²) in [5.74, 6) is 0.122. The van der Waals surface area contributed by atoms with Gasteiger partial charge in [0.1, 0.15) is 12.0 Å². The van der Waals surface area contributed by atoms with E-state index >= 15 is 0 Å². The number of halogens is 1. The van der Waals surface area contributed by atoms with E-state index in [2.05, 4.69) is 0 Å². The van der Waals surface area contributed by atoms with Crippen molar-refractivity contribution in [1.82, 2.24) is 0 Å². The van der Waals surface area contributed by atoms with Crippen LogP contribution in [0.2, 0.25) is 5.02 Å². The predicted molar refractivity (Wildman–Crippen MR) is 53.4 cm³/mol. The van der Waals surface area contributed by atoms with E-state index in [0.29, 0.717) is 23.2 Å². The van der Waals surface area contributed by atoms with Gasteiger partial charge in [-0.05, 0) is 19.1 Å². The molecule has 0 bridgehead atoms. The van der Waals surface area contributed by atoms with Gasteiger partial charge in [-0.3, -0.25) is 9.59 Å². The van der Waals surface area contributed by atoms with Crippen LogP contribution in [-0.2, 0) is 0 Å². The van der Waals surface area contributed by atoms with Crippen LogP contribution in [0.25, 0.3) is 0 Å². The maximum Gasteiger partial charge on any atom is 0.163 e. The van der Waals surface area contributed by atoms with Crippen LogP contribution in [0.5, 0.6) is 5.75 Å². The first-order chi connectivity index (χ1) is 6.60. The third-order valence-electron chi connectivity index (χ3n) is 1.79. The number of hydrogen-bond acceptors (Lipinski definition) is 3. The van der Waals surface area contributed by atoms with Gasteiger partial charge in [-0.1, -0.05) is 11.6 Å². The molecular weight excluding hydrogens is 204 g/mol. The van der Waals surface area contributed by atoms with E-state index in [0.717, 1.165) is 0 Å². The van der Waals surface area contributed by atoms with E-state index in [9.17, 15) is 9.59 Å². The van der Waals surface area contributed by atoms with E-state index in [4.69, 9.17) is 16.3 Å². The van der Waals surface area contributed by atoms with Crippen molar-refractivity contribution in [1.29, 1.82) is 0 Å². The Morgan fingerprint density at radius 2 is 2.14 bits per heavy atom. The Labute approximate surface area is 86.6 Å². The van der Waals surface area contributed by atoms with Crippen LogP contribution in [0.15, 0.2) is 12.1 Å². The topological polar surface area (TPSA) is 43.4 Å². The Kier molecular flexibility index (Phi) is 3.25. The van der Waals surface area contributed by atoms with Gasteiger partial charge in [0.2, 0.25) is 0 Å². The standard InChI is InChI=1S/C10H9ClO3/c1-6(13)8-3-7(5-12)4-9(11)10(8)14-2/h3-5H,1-2H3. The molecule has 0 unspecified atom stereocenters. The van der Waals surface area contributed by atoms with Crippen molar-refractivity contribution >= 4 is 23.7 Å². The molecule has 0 N–H and O–H groups in total. The Hall–Kier alpha value is -1.35. The minimum atomic E-state index is -0.188. The average Bonchev–Trinajstić information content (AvgIpc) is 2.16. The number of Topliss-reactive ketones (excluding diaryl/α,β-unsaturated/α-hetero) is 1. The van der Waals surface area contributed by atoms with Crippen LogP contribution in [0.1, 0.15) is 27.6 Å². The molecule has 0 amide bonds. The number of carbonyl (C=O) groups excluding carboxylic acids is 2. The second kappa shape index (κ2) is 4.24. The largest absolute Gasteiger partial charge is 0.494 e. The van der Waals surface area contributed by atoms with E-state index in [1.165, 1.54) is 26.2 Å². The number of hydrogen-bond donors (Lipinski definition) is 0. The van der Waals surface area contributed by atoms with Crippen LogP contribution in [0.3, 0.4) is 0 Å². The summed E-state index contributed by atoms with van der Waals surface area (Å²) in [5.41, 5.74) is 0.683. The van der Waals surface area contributed by atoms with Gasteiger partial charge in [-0.25, -0.2) is 0 Å². The number of carbonyl (C=O) groups is 2. The lowest BCUT2D eigenvalue weighted by molar-refractivity contribution is 0.101. The highest BCUT2D eigenvalue weighted by atomic mass is 35.5. The van der Waals surface area contributed by atoms with Crippen LogP contribution in [0, 0.1) is 0 Å². The average molecular weight is 213 g/mol. The molecule has 0 aromatic heterocycles. The third kappa shape index (κ3) is 1.93. The lowest BCUT2D eigenvalue weighted by atomic mass is 10.1. The summed E-state index contributed by atoms with van der Waals surface area (Å²) in [7, 11) is 1.42. The smallest absolute Gasteiger partial charge is 0.163 e. The van der Waals surface area contributed by atoms with Gasteiger partial charge in [-0.2, -0.15) is 0 Å². The van der Waals surface area contributed by atoms with Crippen LogP contribution in [-0.4, -0.2) is 19.2 Å². The fourth-order valence-electron chi connectivity index (χ4n) is 1.15. The van der Waals surface area contributed by atoms with Crippen molar-refractivity contribution in [3.8, 4) is 5.75 Å². The highest BCUT2D eigenvalue weighted by Crippen LogP contribution is 2.29. The van der Waals surface area contributed by atoms with Gasteiger partial charge in [0, 0.05) is 5.56 Å². The maximum atomic E-state index is 11.2. The first kappa shape index (κ1) is 10.7. The lowest BCUT2D eigenvalue weighted by Crippen LogP contribution is -1.99. The zero-order valence-corrected chi connectivity index (χ0v) is 8.59. The molecule has 1 rings (SSSR count). The molecule has 14 heavy (non-hydrogen) atoms. The van der Waals surface area contributed by atoms with Crippen molar-refractivity contribution in [2.24, 2.45) is 0 Å². The van der Waals surface area contributed by atoms with Crippen molar-refractivity contribution < 1.29 is 14.3 Å². The second-order valence-corrected chi connectivity index (χ2v) is 3.16. The SMILES string of the molecule is COc1c(Cl)cc(C=O)cc1C(C)=O. The van der Waals surface area contributed by atoms with Gasteiger partial charge in [0.15, 0.2) is 5.78 Å². The third-order valence-corrected chi connectivity index (χ3v) is 2.07. The monoisotopic (exact) mass is 212 g/mol. The number of aldehydes is 1. The van der Waals surface area contributed by atoms with E-state index < -0.39 is 0 Å². The number of rotatable bonds is 3. The quantitative estimate of drug-likeness (QED) is 0.571. The fourth-order valence-corrected chi connectivity index (χ4v) is 1.46. The first-order valence-electron chi connectivity index (χ1n) is 3.93. The molecule has 74 valence electrons. The molecular formula is C10H9ClO3. The highest BCUT2D eigenvalue weighted by molar-refractivity contribution is 6.33. The summed E-state index contributed by atoms with van der Waals surface area (Å²) < 4.78 is 4.97. The molecule has 0 fully saturated rings. The van der Waals surface area contributed by atoms with Gasteiger partial charge < -0.3 is 4.74 Å². The van der Waals surface area contributed by atoms with Crippen LogP contribution < -0.4 is 4.74 Å². The van der Waals surface area contributed by atoms with Crippen molar-refractivity contribution in [2.45, 2.75) is 6.92 Å². The first-order valence-corrected chi connectivity index (χ1v) is 4.31. The molecule has 0 saturated heterocycles. The minimum absolute atomic E-state index is 0.188. The van der Waals surface area contributed by atoms with E-state index in [1.807, 2.05) is 0 Å². The fraction of sp³-hybridized carbons (Fsp3) is 0.200. The summed E-state index contributed by atoms with van der Waals surface area (Å²) in [6.07, 6.45) is 0.637. The lowest BCUT2D eigenvalue weighted by Gasteiger charge is -2.08. The predicted octanol–water partition coefficient (Wildman–Crippen LogP) is 2.36. The number of methoxy groups -OCH3 is 1. The summed E-state index contributed by atoms with van der Waals surface area (Å²) in [6.45, 7) is 1.39. The van der Waals surface area contributed by atoms with E-state index in [-0.39, 0.29) is 10.8 Å². The number of benzene rings is 1. The Morgan fingerprint density at radius 1 is 1.50 bits per heavy atom. The van der Waals surface area contributed by atoms with Gasteiger partial charge >= 0.3 is 0 Å². The summed E-state index contributed by atoms with van der Waals surface area (Å²) in [4.78, 5) is 21.7. The number of ketones is 1. The Morgan fingerprint density at radius 3 is 2.57 bits per heavy atom. The summed E-state index contributed by atoms with van der Waals surface area (Å²) in [6, 6.07) is 2.92. The highest BCUT2D eigenvalue weighted by Gasteiger charge is 2.13. The molecule has 0 spiro atoms. The zero-order valence-electron chi connectivity index (χ0n) is 7.83. The van der Waals surface area contributed by atoms with Crippen molar-refractivity contribution in [3.05, 3.63) is 28.3 Å². The Bertz CT molecular complexity index is 385. The van der Waals surface area contributed by atoms with Crippen molar-refractivity contribution in [3.63, 3.8) is 0 Å². The molecule has 1 aromatic rings. The van der Waals surface area contributed by atoms with Gasteiger partial charge in [0.05, 0.1) is 17.7 Å². The van der Waals surface area contributed by atoms with Gasteiger partial charge in [-0.15, -0.1) is 0 Å². The van der Waals surface area contributed by atoms with E-state index in [1.54, 1.807) is 0 Å². The molecule has 0 saturated carbocycles.